The maximum atomic E-state index is 16.0. The summed E-state index contributed by atoms with van der Waals surface area (Å²) in [5.41, 5.74) is 13.1. The van der Waals surface area contributed by atoms with E-state index in [9.17, 15) is 24.3 Å². The van der Waals surface area contributed by atoms with Crippen molar-refractivity contribution < 1.29 is 80.2 Å². The SMILES string of the molecule is COCCOCCOCCOc1ccc(/C=C/C2=NC(=C(/c3ccc(OCc4cn(CCOCCOCCNC(=O)CCC(NC(=O)c5ccc(NCc6cnc7nc(N)[nH]c(=O)c7n6)cc5)C(=O)O)nn4)cc3)c3c(C)c(I)c(/C=C/c4ccc(OCCOCCOCCOC)cc4)n3B(F)F)/C(C)=C2I)cc1. The second kappa shape index (κ2) is 44.3. The fourth-order valence-electron chi connectivity index (χ4n) is 10.7. The standard InChI is InChI=1S/C75H86BF2I2N13O16/c1-49-66(79)61(23-9-51-5-17-58(18-6-51)107-43-41-105-39-37-103-33-31-99-3)86-68(49)65(70-50(2)67(80)63(93(70)76(77)78)25-10-52-7-19-59(20-8-52)108-44-42-106-40-38-104-34-32-100-4)53-13-21-60(22-14-53)109-48-57-47-92(91-90-57)28-30-102-36-35-101-29-27-82-64(94)26-24-62(74(97)98)87-72(95)54-11-15-55(16-12-54)83-45-56-46-84-71-69(85-56)73(96)89-75(81)88-71/h5-23,25,46-47,62,83H,24,26-45,48H2,1-4H3,(H,82,94)(H,87,95)(H,97,98)(H3,81,84,88,89,96)/b23-9+,25-10+,68-65-. The molecular weight excluding hydrogens is 1640 g/mol. The lowest BCUT2D eigenvalue weighted by atomic mass is 9.94. The van der Waals surface area contributed by atoms with E-state index < -0.39 is 36.8 Å². The minimum Gasteiger partial charge on any atom is -0.491 e. The number of nitrogens with zero attached hydrogens (tertiary/aromatic N) is 8. The van der Waals surface area contributed by atoms with Gasteiger partial charge in [-0.15, -0.1) is 5.10 Å². The molecule has 7 N–H and O–H groups in total. The summed E-state index contributed by atoms with van der Waals surface area (Å²) in [6.45, 7) is 10.9. The minimum absolute atomic E-state index is 0.0369. The van der Waals surface area contributed by atoms with Gasteiger partial charge in [0, 0.05) is 62.5 Å². The Morgan fingerprint density at radius 2 is 1.24 bits per heavy atom. The van der Waals surface area contributed by atoms with E-state index in [2.05, 4.69) is 91.4 Å². The maximum absolute atomic E-state index is 16.0. The molecule has 0 spiro atoms. The van der Waals surface area contributed by atoms with Gasteiger partial charge in [0.25, 0.3) is 11.5 Å². The molecule has 1 aliphatic rings. The highest BCUT2D eigenvalue weighted by Gasteiger charge is 2.33. The number of benzene rings is 4. The highest BCUT2D eigenvalue weighted by atomic mass is 127. The number of aromatic amines is 1. The Hall–Kier alpha value is -9.38. The lowest BCUT2D eigenvalue weighted by molar-refractivity contribution is -0.139. The quantitative estimate of drug-likeness (QED) is 0.0117. The van der Waals surface area contributed by atoms with Gasteiger partial charge in [-0.05, 0) is 166 Å². The van der Waals surface area contributed by atoms with Crippen LogP contribution < -0.4 is 41.5 Å². The van der Waals surface area contributed by atoms with Crippen LogP contribution in [0.15, 0.2) is 140 Å². The number of amides is 2. The van der Waals surface area contributed by atoms with Crippen molar-refractivity contribution >= 4 is 123 Å². The predicted molar refractivity (Wildman–Crippen MR) is 424 cm³/mol. The van der Waals surface area contributed by atoms with Gasteiger partial charge in [-0.2, -0.15) is 4.98 Å². The number of carbonyl (C=O) groups is 3. The Balaban J connectivity index is 0.749. The molecule has 8 aromatic rings. The third-order valence-electron chi connectivity index (χ3n) is 16.3. The first-order valence-corrected chi connectivity index (χ1v) is 37.1. The van der Waals surface area contributed by atoms with Gasteiger partial charge in [0.05, 0.1) is 135 Å². The number of hydrogen-bond donors (Lipinski definition) is 6. The summed E-state index contributed by atoms with van der Waals surface area (Å²) in [4.78, 5) is 69.9. The van der Waals surface area contributed by atoms with Crippen LogP contribution in [0, 0.1) is 10.5 Å². The van der Waals surface area contributed by atoms with E-state index in [-0.39, 0.29) is 75.0 Å². The number of allylic oxidation sites excluding steroid dienone is 3. The van der Waals surface area contributed by atoms with Crippen molar-refractivity contribution in [2.45, 2.75) is 52.4 Å². The predicted octanol–water partition coefficient (Wildman–Crippen LogP) is 9.30. The van der Waals surface area contributed by atoms with Crippen molar-refractivity contribution in [2.75, 3.05) is 138 Å². The summed E-state index contributed by atoms with van der Waals surface area (Å²) in [5, 5.41) is 26.6. The summed E-state index contributed by atoms with van der Waals surface area (Å²) in [7, 11) is 0.298. The molecule has 1 unspecified atom stereocenters. The second-order valence-corrected chi connectivity index (χ2v) is 26.3. The number of aliphatic imine (C=N–C) groups is 1. The Morgan fingerprint density at radius 1 is 0.679 bits per heavy atom. The molecule has 2 amide bonds. The smallest absolute Gasteiger partial charge is 0.491 e. The molecule has 0 saturated carbocycles. The van der Waals surface area contributed by atoms with Crippen LogP contribution in [0.5, 0.6) is 17.2 Å². The molecule has 5 heterocycles. The zero-order valence-electron chi connectivity index (χ0n) is 60.7. The lowest BCUT2D eigenvalue weighted by Gasteiger charge is -2.17. The van der Waals surface area contributed by atoms with Crippen LogP contribution in [-0.2, 0) is 67.2 Å². The fraction of sp³-hybridized carbons (Fsp3) is 0.360. The largest absolute Gasteiger partial charge is 0.678 e. The molecule has 1 aliphatic heterocycles. The highest BCUT2D eigenvalue weighted by molar-refractivity contribution is 14.1. The van der Waals surface area contributed by atoms with Crippen LogP contribution in [0.1, 0.15) is 75.2 Å². The van der Waals surface area contributed by atoms with Gasteiger partial charge in [0.15, 0.2) is 11.2 Å². The molecular formula is C75H86BF2I2N13O16. The van der Waals surface area contributed by atoms with Crippen LogP contribution in [0.3, 0.4) is 0 Å². The summed E-state index contributed by atoms with van der Waals surface area (Å²) in [5.74, 6) is -0.589. The first-order valence-electron chi connectivity index (χ1n) is 34.9. The number of methoxy groups -OCH3 is 2. The number of carboxylic acids is 1. The number of hydrogen-bond acceptors (Lipinski definition) is 23. The molecule has 0 fully saturated rings. The summed E-state index contributed by atoms with van der Waals surface area (Å²) in [6, 6.07) is 27.2. The topological polar surface area (TPSA) is 355 Å². The molecule has 0 radical (unpaired) electrons. The average molecular weight is 1730 g/mol. The van der Waals surface area contributed by atoms with Gasteiger partial charge in [-0.1, -0.05) is 53.8 Å². The molecule has 29 nitrogen and oxygen atoms in total. The Bertz CT molecular complexity index is 4510. The van der Waals surface area contributed by atoms with E-state index in [4.69, 9.17) is 62.8 Å². The number of rotatable bonds is 48. The Labute approximate surface area is 655 Å². The molecule has 1 atom stereocenters. The number of ether oxygens (including phenoxy) is 11. The van der Waals surface area contributed by atoms with E-state index in [0.29, 0.717) is 170 Å². The van der Waals surface area contributed by atoms with Crippen molar-refractivity contribution in [1.82, 2.24) is 50.0 Å². The normalized spacial score (nSPS) is 13.0. The van der Waals surface area contributed by atoms with Crippen molar-refractivity contribution in [3.63, 3.8) is 0 Å². The number of fused-ring (bicyclic) bond motifs is 1. The number of H-pyrrole nitrogens is 1. The fourth-order valence-corrected chi connectivity index (χ4v) is 12.0. The van der Waals surface area contributed by atoms with Crippen LogP contribution in [0.4, 0.5) is 20.3 Å². The first kappa shape index (κ1) is 83.7. The van der Waals surface area contributed by atoms with E-state index in [1.165, 1.54) is 18.3 Å². The maximum Gasteiger partial charge on any atom is 0.678 e. The van der Waals surface area contributed by atoms with Gasteiger partial charge < -0.3 is 83.4 Å². The van der Waals surface area contributed by atoms with Gasteiger partial charge in [0.1, 0.15) is 48.8 Å². The second-order valence-electron chi connectivity index (χ2n) is 24.1. The Morgan fingerprint density at radius 3 is 1.84 bits per heavy atom. The number of anilines is 2. The van der Waals surface area contributed by atoms with Crippen LogP contribution in [0.2, 0.25) is 0 Å². The number of nitrogen functional groups attached to an aromatic ring is 1. The van der Waals surface area contributed by atoms with Gasteiger partial charge in [-0.25, -0.2) is 24.4 Å². The van der Waals surface area contributed by atoms with Crippen LogP contribution in [-0.4, -0.2) is 208 Å². The summed E-state index contributed by atoms with van der Waals surface area (Å²) < 4.78 is 97.6. The van der Waals surface area contributed by atoms with Crippen molar-refractivity contribution in [2.24, 2.45) is 4.99 Å². The number of carbonyl (C=O) groups excluding carboxylic acids is 2. The molecule has 109 heavy (non-hydrogen) atoms. The van der Waals surface area contributed by atoms with Gasteiger partial charge in [0.2, 0.25) is 11.9 Å². The van der Waals surface area contributed by atoms with Gasteiger partial charge in [-0.3, -0.25) is 28.0 Å². The molecule has 0 bridgehead atoms. The minimum atomic E-state index is -2.95. The van der Waals surface area contributed by atoms with Crippen LogP contribution >= 0.6 is 45.2 Å². The summed E-state index contributed by atoms with van der Waals surface area (Å²) >= 11 is 4.42. The number of halogens is 4. The van der Waals surface area contributed by atoms with Crippen molar-refractivity contribution in [3.05, 3.63) is 195 Å². The van der Waals surface area contributed by atoms with E-state index in [1.54, 1.807) is 61.5 Å². The molecule has 0 saturated heterocycles. The van der Waals surface area contributed by atoms with Crippen molar-refractivity contribution in [3.8, 4) is 17.2 Å². The number of nitrogens with one attached hydrogen (secondary N) is 4. The zero-order chi connectivity index (χ0) is 77.3. The van der Waals surface area contributed by atoms with Gasteiger partial charge >= 0.3 is 13.4 Å². The first-order chi connectivity index (χ1) is 53.0. The Kier molecular flexibility index (Phi) is 34.0. The van der Waals surface area contributed by atoms with E-state index in [0.717, 1.165) is 24.8 Å². The zero-order valence-corrected chi connectivity index (χ0v) is 65.0. The molecule has 4 aromatic carbocycles. The monoisotopic (exact) mass is 1730 g/mol. The van der Waals surface area contributed by atoms with Crippen LogP contribution in [0.25, 0.3) is 35.0 Å². The lowest BCUT2D eigenvalue weighted by Crippen LogP contribution is -2.41. The van der Waals surface area contributed by atoms with Crippen molar-refractivity contribution in [1.29, 1.82) is 0 Å². The number of nitrogens with two attached hydrogens (primary N) is 1. The average Bonchev–Trinajstić information content (AvgIpc) is 1.59. The third kappa shape index (κ3) is 26.2. The highest BCUT2D eigenvalue weighted by Crippen LogP contribution is 2.43. The molecule has 34 heteroatoms. The van der Waals surface area contributed by atoms with E-state index in [1.807, 2.05) is 86.7 Å². The molecule has 9 rings (SSSR count). The molecule has 0 aliphatic carbocycles. The van der Waals surface area contributed by atoms with E-state index >= 15 is 8.63 Å². The molecule has 578 valence electrons. The number of aliphatic carboxylic acids is 1. The third-order valence-corrected chi connectivity index (χ3v) is 19.1. The number of carboxylic acid groups (broad SMARTS) is 1. The number of aromatic nitrogens is 8. The molecule has 4 aromatic heterocycles. The summed E-state index contributed by atoms with van der Waals surface area (Å²) in [6.07, 6.45) is 10.3.